The Morgan fingerprint density at radius 3 is 2.53 bits per heavy atom. The third-order valence-electron chi connectivity index (χ3n) is 2.42. The van der Waals surface area contributed by atoms with Crippen LogP contribution in [0.1, 0.15) is 18.9 Å². The Morgan fingerprint density at radius 2 is 2.00 bits per heavy atom. The molecule has 0 saturated carbocycles. The van der Waals surface area contributed by atoms with Gasteiger partial charge in [-0.15, -0.1) is 10.3 Å². The van der Waals surface area contributed by atoms with Crippen molar-refractivity contribution in [1.29, 1.82) is 0 Å². The summed E-state index contributed by atoms with van der Waals surface area (Å²) in [6.07, 6.45) is 0.810. The van der Waals surface area contributed by atoms with E-state index in [1.54, 1.807) is 7.11 Å². The van der Waals surface area contributed by atoms with Crippen LogP contribution in [-0.2, 0) is 16.5 Å². The highest BCUT2D eigenvalue weighted by molar-refractivity contribution is 5.14. The molecule has 1 aromatic carbocycles. The van der Waals surface area contributed by atoms with E-state index in [1.165, 1.54) is 0 Å². The summed E-state index contributed by atoms with van der Waals surface area (Å²) in [6, 6.07) is 9.72. The topological polar surface area (TPSA) is 32.4 Å². The molecule has 0 saturated heterocycles. The average molecular weight is 208 g/mol. The first-order valence-corrected chi connectivity index (χ1v) is 5.24. The molecular formula is C12H18NO2. The Morgan fingerprint density at radius 1 is 1.33 bits per heavy atom. The molecule has 1 rings (SSSR count). The van der Waals surface area contributed by atoms with Gasteiger partial charge in [-0.3, -0.25) is 0 Å². The van der Waals surface area contributed by atoms with Crippen LogP contribution in [0.15, 0.2) is 30.3 Å². The van der Waals surface area contributed by atoms with Gasteiger partial charge in [0, 0.05) is 7.11 Å². The summed E-state index contributed by atoms with van der Waals surface area (Å²) in [5, 5.41) is 12.9. The molecule has 3 nitrogen and oxygen atoms in total. The first kappa shape index (κ1) is 12.2. The quantitative estimate of drug-likeness (QED) is 0.672. The first-order valence-electron chi connectivity index (χ1n) is 5.24. The molecule has 83 valence electrons. The Hall–Kier alpha value is -0.900. The Kier molecular flexibility index (Phi) is 5.32. The van der Waals surface area contributed by atoms with Gasteiger partial charge in [-0.1, -0.05) is 37.3 Å². The molecule has 0 heterocycles. The summed E-state index contributed by atoms with van der Waals surface area (Å²) in [5.41, 5.74) is 1.04. The van der Waals surface area contributed by atoms with Gasteiger partial charge in [0.25, 0.3) is 0 Å². The molecule has 0 aliphatic rings. The van der Waals surface area contributed by atoms with Crippen LogP contribution in [0.2, 0.25) is 0 Å². The van der Waals surface area contributed by atoms with Gasteiger partial charge in [-0.05, 0) is 12.0 Å². The molecule has 0 spiro atoms. The molecule has 0 unspecified atom stereocenters. The highest BCUT2D eigenvalue weighted by Crippen LogP contribution is 2.08. The van der Waals surface area contributed by atoms with E-state index in [0.717, 1.165) is 17.0 Å². The average Bonchev–Trinajstić information content (AvgIpc) is 2.27. The second kappa shape index (κ2) is 6.56. The van der Waals surface area contributed by atoms with Crippen molar-refractivity contribution < 1.29 is 9.94 Å². The maximum absolute atomic E-state index is 11.8. The Bertz CT molecular complexity index is 264. The van der Waals surface area contributed by atoms with Crippen molar-refractivity contribution in [3.8, 4) is 0 Å². The normalized spacial score (nSPS) is 13.1. The fraction of sp³-hybridized carbons (Fsp3) is 0.500. The SMILES string of the molecule is CC[C@H](COC)N([O])Cc1ccccc1. The maximum Gasteiger partial charge on any atom is 0.0642 e. The van der Waals surface area contributed by atoms with Crippen molar-refractivity contribution >= 4 is 0 Å². The summed E-state index contributed by atoms with van der Waals surface area (Å²) in [6.45, 7) is 2.93. The van der Waals surface area contributed by atoms with Crippen LogP contribution in [-0.4, -0.2) is 24.8 Å². The number of hydroxylamine groups is 2. The Labute approximate surface area is 91.2 Å². The molecule has 3 heteroatoms. The predicted octanol–water partition coefficient (Wildman–Crippen LogP) is 2.26. The lowest BCUT2D eigenvalue weighted by Crippen LogP contribution is -2.33. The minimum absolute atomic E-state index is 0.0461. The minimum atomic E-state index is -0.0461. The number of hydrogen-bond donors (Lipinski definition) is 0. The monoisotopic (exact) mass is 208 g/mol. The molecule has 1 radical (unpaired) electrons. The van der Waals surface area contributed by atoms with E-state index in [9.17, 15) is 5.21 Å². The predicted molar refractivity (Wildman–Crippen MR) is 58.6 cm³/mol. The van der Waals surface area contributed by atoms with E-state index < -0.39 is 0 Å². The zero-order chi connectivity index (χ0) is 11.1. The van der Waals surface area contributed by atoms with Crippen molar-refractivity contribution in [1.82, 2.24) is 5.06 Å². The fourth-order valence-electron chi connectivity index (χ4n) is 1.49. The van der Waals surface area contributed by atoms with Gasteiger partial charge in [0.05, 0.1) is 19.2 Å². The summed E-state index contributed by atoms with van der Waals surface area (Å²) >= 11 is 0. The van der Waals surface area contributed by atoms with Crippen LogP contribution in [0, 0.1) is 0 Å². The second-order valence-electron chi connectivity index (χ2n) is 3.58. The number of benzene rings is 1. The molecule has 0 aliphatic heterocycles. The van der Waals surface area contributed by atoms with Gasteiger partial charge in [-0.25, -0.2) is 0 Å². The van der Waals surface area contributed by atoms with Crippen LogP contribution in [0.3, 0.4) is 0 Å². The van der Waals surface area contributed by atoms with Crippen LogP contribution >= 0.6 is 0 Å². The van der Waals surface area contributed by atoms with E-state index in [1.807, 2.05) is 37.3 Å². The number of ether oxygens (including phenoxy) is 1. The molecule has 1 aromatic rings. The van der Waals surface area contributed by atoms with Crippen molar-refractivity contribution in [3.05, 3.63) is 35.9 Å². The van der Waals surface area contributed by atoms with E-state index in [0.29, 0.717) is 13.2 Å². The molecule has 0 N–H and O–H groups in total. The molecular weight excluding hydrogens is 190 g/mol. The van der Waals surface area contributed by atoms with E-state index in [2.05, 4.69) is 0 Å². The lowest BCUT2D eigenvalue weighted by molar-refractivity contribution is -0.204. The van der Waals surface area contributed by atoms with Gasteiger partial charge in [0.1, 0.15) is 0 Å². The summed E-state index contributed by atoms with van der Waals surface area (Å²) < 4.78 is 5.01. The van der Waals surface area contributed by atoms with Gasteiger partial charge < -0.3 is 4.74 Å². The summed E-state index contributed by atoms with van der Waals surface area (Å²) in [4.78, 5) is 0. The Balaban J connectivity index is 2.50. The number of hydrogen-bond acceptors (Lipinski definition) is 2. The third kappa shape index (κ3) is 4.00. The van der Waals surface area contributed by atoms with Crippen molar-refractivity contribution in [2.24, 2.45) is 0 Å². The zero-order valence-corrected chi connectivity index (χ0v) is 9.35. The lowest BCUT2D eigenvalue weighted by atomic mass is 10.2. The highest BCUT2D eigenvalue weighted by Gasteiger charge is 2.15. The molecule has 0 bridgehead atoms. The first-order chi connectivity index (χ1) is 7.27. The standard InChI is InChI=1S/C12H18NO2/c1-3-12(10-15-2)13(14)9-11-7-5-4-6-8-11/h4-8,12H,3,9-10H2,1-2H3/t12-/m1/s1. The number of rotatable bonds is 6. The fourth-order valence-corrected chi connectivity index (χ4v) is 1.49. The summed E-state index contributed by atoms with van der Waals surface area (Å²) in [5.74, 6) is 0. The smallest absolute Gasteiger partial charge is 0.0642 e. The molecule has 0 amide bonds. The van der Waals surface area contributed by atoms with E-state index in [-0.39, 0.29) is 6.04 Å². The molecule has 0 fully saturated rings. The lowest BCUT2D eigenvalue weighted by Gasteiger charge is -2.21. The molecule has 1 atom stereocenters. The zero-order valence-electron chi connectivity index (χ0n) is 9.35. The minimum Gasteiger partial charge on any atom is -0.383 e. The van der Waals surface area contributed by atoms with E-state index >= 15 is 0 Å². The molecule has 15 heavy (non-hydrogen) atoms. The van der Waals surface area contributed by atoms with Crippen LogP contribution in [0.25, 0.3) is 0 Å². The number of methoxy groups -OCH3 is 1. The van der Waals surface area contributed by atoms with Gasteiger partial charge in [0.15, 0.2) is 0 Å². The van der Waals surface area contributed by atoms with Gasteiger partial charge >= 0.3 is 0 Å². The van der Waals surface area contributed by atoms with Crippen molar-refractivity contribution in [2.45, 2.75) is 25.9 Å². The molecule has 0 aromatic heterocycles. The van der Waals surface area contributed by atoms with Gasteiger partial charge in [-0.2, -0.15) is 0 Å². The van der Waals surface area contributed by atoms with Crippen molar-refractivity contribution in [2.75, 3.05) is 13.7 Å². The number of nitrogens with zero attached hydrogens (tertiary/aromatic N) is 1. The molecule has 0 aliphatic carbocycles. The van der Waals surface area contributed by atoms with E-state index in [4.69, 9.17) is 4.74 Å². The third-order valence-corrected chi connectivity index (χ3v) is 2.42. The second-order valence-corrected chi connectivity index (χ2v) is 3.58. The van der Waals surface area contributed by atoms with Gasteiger partial charge in [0.2, 0.25) is 0 Å². The largest absolute Gasteiger partial charge is 0.383 e. The van der Waals surface area contributed by atoms with Crippen molar-refractivity contribution in [3.63, 3.8) is 0 Å². The maximum atomic E-state index is 11.8. The highest BCUT2D eigenvalue weighted by atomic mass is 16.5. The van der Waals surface area contributed by atoms with Crippen LogP contribution < -0.4 is 0 Å². The summed E-state index contributed by atoms with van der Waals surface area (Å²) in [7, 11) is 1.62. The van der Waals surface area contributed by atoms with Crippen LogP contribution in [0.5, 0.6) is 0 Å². The van der Waals surface area contributed by atoms with Crippen LogP contribution in [0.4, 0.5) is 0 Å².